The average molecular weight is 254 g/mol. The van der Waals surface area contributed by atoms with Gasteiger partial charge in [0.05, 0.1) is 6.10 Å². The summed E-state index contributed by atoms with van der Waals surface area (Å²) in [4.78, 5) is 11.2. The SMILES string of the molecule is Cc1cc(=O)oc2c(F)c(OC(C)C)c(F)cc12. The van der Waals surface area contributed by atoms with Crippen LogP contribution in [0, 0.1) is 18.6 Å². The Bertz CT molecular complexity index is 659. The zero-order chi connectivity index (χ0) is 13.4. The first-order chi connectivity index (χ1) is 8.40. The Kier molecular flexibility index (Phi) is 3.07. The van der Waals surface area contributed by atoms with Crippen LogP contribution in [0.4, 0.5) is 8.78 Å². The number of halogens is 2. The van der Waals surface area contributed by atoms with E-state index in [9.17, 15) is 13.6 Å². The highest BCUT2D eigenvalue weighted by molar-refractivity contribution is 5.82. The van der Waals surface area contributed by atoms with E-state index >= 15 is 0 Å². The van der Waals surface area contributed by atoms with Crippen molar-refractivity contribution in [1.29, 1.82) is 0 Å². The summed E-state index contributed by atoms with van der Waals surface area (Å²) in [6.07, 6.45) is -0.386. The maximum Gasteiger partial charge on any atom is 0.336 e. The second-order valence-electron chi connectivity index (χ2n) is 4.29. The van der Waals surface area contributed by atoms with E-state index in [1.54, 1.807) is 20.8 Å². The van der Waals surface area contributed by atoms with Gasteiger partial charge in [0.2, 0.25) is 5.82 Å². The van der Waals surface area contributed by atoms with Crippen molar-refractivity contribution in [1.82, 2.24) is 0 Å². The number of hydrogen-bond acceptors (Lipinski definition) is 3. The first kappa shape index (κ1) is 12.5. The molecule has 0 N–H and O–H groups in total. The van der Waals surface area contributed by atoms with Crippen molar-refractivity contribution in [2.75, 3.05) is 0 Å². The lowest BCUT2D eigenvalue weighted by Crippen LogP contribution is -2.10. The molecule has 0 fully saturated rings. The van der Waals surface area contributed by atoms with Crippen molar-refractivity contribution < 1.29 is 17.9 Å². The molecular weight excluding hydrogens is 242 g/mol. The number of ether oxygens (including phenoxy) is 1. The third kappa shape index (κ3) is 2.08. The summed E-state index contributed by atoms with van der Waals surface area (Å²) in [6.45, 7) is 4.88. The van der Waals surface area contributed by atoms with E-state index in [4.69, 9.17) is 9.15 Å². The molecule has 2 aromatic rings. The van der Waals surface area contributed by atoms with Crippen molar-refractivity contribution in [3.8, 4) is 5.75 Å². The van der Waals surface area contributed by atoms with Gasteiger partial charge in [0.15, 0.2) is 17.1 Å². The highest BCUT2D eigenvalue weighted by Gasteiger charge is 2.19. The van der Waals surface area contributed by atoms with Crippen molar-refractivity contribution in [3.63, 3.8) is 0 Å². The van der Waals surface area contributed by atoms with Crippen LogP contribution in [0.15, 0.2) is 21.3 Å². The molecule has 3 nitrogen and oxygen atoms in total. The van der Waals surface area contributed by atoms with Gasteiger partial charge in [0.1, 0.15) is 0 Å². The molecule has 1 heterocycles. The Morgan fingerprint density at radius 2 is 1.94 bits per heavy atom. The molecule has 0 saturated carbocycles. The Hall–Kier alpha value is -1.91. The lowest BCUT2D eigenvalue weighted by Gasteiger charge is -2.12. The van der Waals surface area contributed by atoms with E-state index in [0.29, 0.717) is 5.56 Å². The van der Waals surface area contributed by atoms with Crippen LogP contribution < -0.4 is 10.4 Å². The van der Waals surface area contributed by atoms with Gasteiger partial charge in [-0.1, -0.05) is 0 Å². The van der Waals surface area contributed by atoms with Crippen LogP contribution in [-0.4, -0.2) is 6.10 Å². The fourth-order valence-electron chi connectivity index (χ4n) is 1.71. The lowest BCUT2D eigenvalue weighted by atomic mass is 10.1. The van der Waals surface area contributed by atoms with Crippen LogP contribution in [0.1, 0.15) is 19.4 Å². The molecule has 0 saturated heterocycles. The molecule has 1 aromatic heterocycles. The summed E-state index contributed by atoms with van der Waals surface area (Å²) in [7, 11) is 0. The Labute approximate surface area is 102 Å². The van der Waals surface area contributed by atoms with E-state index in [-0.39, 0.29) is 17.1 Å². The molecule has 0 spiro atoms. The molecule has 0 unspecified atom stereocenters. The number of rotatable bonds is 2. The summed E-state index contributed by atoms with van der Waals surface area (Å²) in [5.41, 5.74) is -0.506. The molecule has 0 amide bonds. The van der Waals surface area contributed by atoms with Gasteiger partial charge in [-0.2, -0.15) is 4.39 Å². The Morgan fingerprint density at radius 1 is 1.28 bits per heavy atom. The predicted octanol–water partition coefficient (Wildman–Crippen LogP) is 3.17. The molecule has 0 atom stereocenters. The number of benzene rings is 1. The van der Waals surface area contributed by atoms with Crippen molar-refractivity contribution in [2.24, 2.45) is 0 Å². The molecule has 0 aliphatic rings. The minimum Gasteiger partial charge on any atom is -0.485 e. The first-order valence-corrected chi connectivity index (χ1v) is 5.49. The van der Waals surface area contributed by atoms with Gasteiger partial charge in [-0.25, -0.2) is 9.18 Å². The van der Waals surface area contributed by atoms with Gasteiger partial charge in [-0.3, -0.25) is 0 Å². The van der Waals surface area contributed by atoms with Gasteiger partial charge in [-0.05, 0) is 32.4 Å². The van der Waals surface area contributed by atoms with Gasteiger partial charge < -0.3 is 9.15 Å². The number of hydrogen-bond donors (Lipinski definition) is 0. The molecule has 0 bridgehead atoms. The van der Waals surface area contributed by atoms with Crippen molar-refractivity contribution in [2.45, 2.75) is 26.9 Å². The quantitative estimate of drug-likeness (QED) is 0.773. The smallest absolute Gasteiger partial charge is 0.336 e. The van der Waals surface area contributed by atoms with Crippen molar-refractivity contribution in [3.05, 3.63) is 39.8 Å². The Morgan fingerprint density at radius 3 is 2.56 bits per heavy atom. The van der Waals surface area contributed by atoms with Gasteiger partial charge in [0, 0.05) is 11.5 Å². The third-order valence-electron chi connectivity index (χ3n) is 2.45. The van der Waals surface area contributed by atoms with Crippen LogP contribution >= 0.6 is 0 Å². The molecule has 5 heteroatoms. The standard InChI is InChI=1S/C13H12F2O3/c1-6(2)17-13-9(14)5-8-7(3)4-10(16)18-12(8)11(13)15/h4-6H,1-3H3. The van der Waals surface area contributed by atoms with E-state index in [1.807, 2.05) is 0 Å². The van der Waals surface area contributed by atoms with E-state index < -0.39 is 23.0 Å². The summed E-state index contributed by atoms with van der Waals surface area (Å²) in [6, 6.07) is 2.29. The second-order valence-corrected chi connectivity index (χ2v) is 4.29. The average Bonchev–Trinajstić information content (AvgIpc) is 2.26. The molecule has 18 heavy (non-hydrogen) atoms. The molecular formula is C13H12F2O3. The first-order valence-electron chi connectivity index (χ1n) is 5.49. The summed E-state index contributed by atoms with van der Waals surface area (Å²) in [5.74, 6) is -2.32. The largest absolute Gasteiger partial charge is 0.485 e. The maximum absolute atomic E-state index is 14.1. The summed E-state index contributed by atoms with van der Waals surface area (Å²) in [5, 5.41) is 0.223. The minimum absolute atomic E-state index is 0.223. The van der Waals surface area contributed by atoms with Crippen LogP contribution in [0.25, 0.3) is 11.0 Å². The van der Waals surface area contributed by atoms with Crippen LogP contribution in [0.3, 0.4) is 0 Å². The topological polar surface area (TPSA) is 39.4 Å². The molecule has 0 aliphatic heterocycles. The van der Waals surface area contributed by atoms with Crippen LogP contribution in [0.2, 0.25) is 0 Å². The predicted molar refractivity (Wildman–Crippen MR) is 62.9 cm³/mol. The molecule has 1 aromatic carbocycles. The zero-order valence-corrected chi connectivity index (χ0v) is 10.2. The normalized spacial score (nSPS) is 11.2. The summed E-state index contributed by atoms with van der Waals surface area (Å²) < 4.78 is 37.6. The van der Waals surface area contributed by atoms with E-state index in [1.165, 1.54) is 6.07 Å². The number of fused-ring (bicyclic) bond motifs is 1. The fraction of sp³-hybridized carbons (Fsp3) is 0.308. The molecule has 96 valence electrons. The zero-order valence-electron chi connectivity index (χ0n) is 10.2. The van der Waals surface area contributed by atoms with Crippen LogP contribution in [-0.2, 0) is 0 Å². The van der Waals surface area contributed by atoms with Crippen molar-refractivity contribution >= 4 is 11.0 Å². The summed E-state index contributed by atoms with van der Waals surface area (Å²) >= 11 is 0. The lowest BCUT2D eigenvalue weighted by molar-refractivity contribution is 0.219. The molecule has 2 rings (SSSR count). The minimum atomic E-state index is -0.987. The highest BCUT2D eigenvalue weighted by Crippen LogP contribution is 2.31. The van der Waals surface area contributed by atoms with Gasteiger partial charge in [-0.15, -0.1) is 0 Å². The second kappa shape index (κ2) is 4.40. The van der Waals surface area contributed by atoms with Crippen LogP contribution in [0.5, 0.6) is 5.75 Å². The van der Waals surface area contributed by atoms with Gasteiger partial charge >= 0.3 is 5.63 Å². The third-order valence-corrected chi connectivity index (χ3v) is 2.45. The molecule has 0 radical (unpaired) electrons. The fourth-order valence-corrected chi connectivity index (χ4v) is 1.71. The van der Waals surface area contributed by atoms with E-state index in [0.717, 1.165) is 6.07 Å². The highest BCUT2D eigenvalue weighted by atomic mass is 19.1. The molecule has 0 aliphatic carbocycles. The monoisotopic (exact) mass is 254 g/mol. The van der Waals surface area contributed by atoms with E-state index in [2.05, 4.69) is 0 Å². The Balaban J connectivity index is 2.80. The van der Waals surface area contributed by atoms with Gasteiger partial charge in [0.25, 0.3) is 0 Å². The number of aryl methyl sites for hydroxylation is 1. The maximum atomic E-state index is 14.1.